The number of hydrogen-bond acceptors (Lipinski definition) is 3. The van der Waals surface area contributed by atoms with E-state index in [1.807, 2.05) is 18.9 Å². The maximum Gasteiger partial charge on any atom is 0.270 e. The SMILES string of the molecule is CCN1CC[C@@](NC(=O)c2[nH]c(C)c(Cl)c2Cl)(c2cn(C)cn2)[C@@H](F)C1. The van der Waals surface area contributed by atoms with Crippen molar-refractivity contribution in [2.24, 2.45) is 7.05 Å². The molecule has 0 spiro atoms. The van der Waals surface area contributed by atoms with Gasteiger partial charge in [-0.25, -0.2) is 9.37 Å². The van der Waals surface area contributed by atoms with Gasteiger partial charge in [0.25, 0.3) is 5.91 Å². The second-order valence-electron chi connectivity index (χ2n) is 6.71. The molecule has 2 aromatic rings. The third kappa shape index (κ3) is 3.23. The Morgan fingerprint density at radius 2 is 2.23 bits per heavy atom. The first-order chi connectivity index (χ1) is 12.3. The van der Waals surface area contributed by atoms with Crippen LogP contribution in [0.2, 0.25) is 10.0 Å². The van der Waals surface area contributed by atoms with Crippen LogP contribution in [0.1, 0.15) is 35.2 Å². The molecule has 0 aliphatic carbocycles. The lowest BCUT2D eigenvalue weighted by Gasteiger charge is -2.43. The number of carbonyl (C=O) groups is 1. The summed E-state index contributed by atoms with van der Waals surface area (Å²) in [5.74, 6) is -0.497. The van der Waals surface area contributed by atoms with Gasteiger partial charge in [0.2, 0.25) is 0 Å². The number of likely N-dealkylation sites (tertiary alicyclic amines) is 1. The van der Waals surface area contributed by atoms with Crippen molar-refractivity contribution >= 4 is 29.1 Å². The lowest BCUT2D eigenvalue weighted by atomic mass is 9.82. The first-order valence-corrected chi connectivity index (χ1v) is 9.25. The molecule has 1 aliphatic rings. The van der Waals surface area contributed by atoms with E-state index in [0.29, 0.717) is 29.4 Å². The number of rotatable bonds is 4. The molecule has 3 heterocycles. The van der Waals surface area contributed by atoms with E-state index in [1.165, 1.54) is 0 Å². The van der Waals surface area contributed by atoms with E-state index in [9.17, 15) is 4.79 Å². The van der Waals surface area contributed by atoms with E-state index in [4.69, 9.17) is 23.2 Å². The molecule has 0 unspecified atom stereocenters. The minimum atomic E-state index is -1.31. The number of aromatic amines is 1. The normalized spacial score (nSPS) is 24.0. The Morgan fingerprint density at radius 1 is 1.50 bits per heavy atom. The van der Waals surface area contributed by atoms with E-state index in [2.05, 4.69) is 15.3 Å². The molecule has 1 fully saturated rings. The molecule has 0 radical (unpaired) electrons. The highest BCUT2D eigenvalue weighted by Crippen LogP contribution is 2.36. The summed E-state index contributed by atoms with van der Waals surface area (Å²) in [6, 6.07) is 0. The van der Waals surface area contributed by atoms with Crippen LogP contribution < -0.4 is 5.32 Å². The molecule has 1 amide bonds. The predicted octanol–water partition coefficient (Wildman–Crippen LogP) is 3.05. The lowest BCUT2D eigenvalue weighted by molar-refractivity contribution is 0.0339. The molecule has 2 N–H and O–H groups in total. The smallest absolute Gasteiger partial charge is 0.270 e. The standard InChI is InChI=1S/C17H22Cl2FN5O/c1-4-25-6-5-17(11(20)7-25,12-8-24(3)9-21-12)23-16(26)15-14(19)13(18)10(2)22-15/h8-9,11,22H,4-7H2,1-3H3,(H,23,26)/t11-,17-/m0/s1. The Balaban J connectivity index is 1.96. The van der Waals surface area contributed by atoms with Gasteiger partial charge >= 0.3 is 0 Å². The first kappa shape index (κ1) is 19.2. The van der Waals surface area contributed by atoms with Crippen molar-refractivity contribution in [2.75, 3.05) is 19.6 Å². The van der Waals surface area contributed by atoms with Crippen molar-refractivity contribution in [1.82, 2.24) is 24.8 Å². The number of alkyl halides is 1. The summed E-state index contributed by atoms with van der Waals surface area (Å²) in [5, 5.41) is 3.29. The van der Waals surface area contributed by atoms with Crippen LogP contribution in [-0.4, -0.2) is 51.1 Å². The fraction of sp³-hybridized carbons (Fsp3) is 0.529. The van der Waals surface area contributed by atoms with Gasteiger partial charge < -0.3 is 19.8 Å². The van der Waals surface area contributed by atoms with Crippen molar-refractivity contribution in [3.63, 3.8) is 0 Å². The number of nitrogens with zero attached hydrogens (tertiary/aromatic N) is 3. The lowest BCUT2D eigenvalue weighted by Crippen LogP contribution is -2.60. The van der Waals surface area contributed by atoms with Crippen molar-refractivity contribution in [1.29, 1.82) is 0 Å². The summed E-state index contributed by atoms with van der Waals surface area (Å²) in [4.78, 5) is 22.1. The fourth-order valence-corrected chi connectivity index (χ4v) is 3.80. The van der Waals surface area contributed by atoms with Crippen molar-refractivity contribution in [2.45, 2.75) is 32.0 Å². The highest BCUT2D eigenvalue weighted by molar-refractivity contribution is 6.44. The zero-order chi connectivity index (χ0) is 19.1. The molecule has 1 aliphatic heterocycles. The van der Waals surface area contributed by atoms with Crippen LogP contribution in [0.4, 0.5) is 4.39 Å². The number of carbonyl (C=O) groups excluding carboxylic acids is 1. The summed E-state index contributed by atoms with van der Waals surface area (Å²) in [6.07, 6.45) is 2.45. The minimum Gasteiger partial charge on any atom is -0.352 e. The highest BCUT2D eigenvalue weighted by Gasteiger charge is 2.48. The average molecular weight is 402 g/mol. The molecule has 1 saturated heterocycles. The number of piperidine rings is 1. The topological polar surface area (TPSA) is 66.0 Å². The van der Waals surface area contributed by atoms with E-state index >= 15 is 4.39 Å². The molecule has 9 heteroatoms. The van der Waals surface area contributed by atoms with Crippen molar-refractivity contribution < 1.29 is 9.18 Å². The molecular formula is C17H22Cl2FN5O. The number of aromatic nitrogens is 3. The van der Waals surface area contributed by atoms with Gasteiger partial charge in [0.1, 0.15) is 17.4 Å². The molecule has 2 atom stereocenters. The van der Waals surface area contributed by atoms with E-state index < -0.39 is 17.6 Å². The minimum absolute atomic E-state index is 0.134. The average Bonchev–Trinajstić information content (AvgIpc) is 3.16. The van der Waals surface area contributed by atoms with E-state index in [1.54, 1.807) is 24.0 Å². The molecule has 6 nitrogen and oxygen atoms in total. The Labute approximate surface area is 161 Å². The molecule has 0 aromatic carbocycles. The predicted molar refractivity (Wildman–Crippen MR) is 99.5 cm³/mol. The van der Waals surface area contributed by atoms with Crippen LogP contribution in [0.3, 0.4) is 0 Å². The van der Waals surface area contributed by atoms with Gasteiger partial charge in [0.15, 0.2) is 0 Å². The quantitative estimate of drug-likeness (QED) is 0.826. The molecule has 2 aromatic heterocycles. The number of H-pyrrole nitrogens is 1. The number of aryl methyl sites for hydroxylation is 2. The van der Waals surface area contributed by atoms with Crippen LogP contribution in [-0.2, 0) is 12.6 Å². The van der Waals surface area contributed by atoms with Crippen molar-refractivity contribution in [3.05, 3.63) is 39.7 Å². The van der Waals surface area contributed by atoms with Gasteiger partial charge in [-0.1, -0.05) is 30.1 Å². The zero-order valence-corrected chi connectivity index (χ0v) is 16.5. The Kier molecular flexibility index (Phi) is 5.33. The fourth-order valence-electron chi connectivity index (χ4n) is 3.38. The maximum atomic E-state index is 15.3. The second kappa shape index (κ2) is 7.21. The Hall–Kier alpha value is -1.57. The van der Waals surface area contributed by atoms with Crippen LogP contribution in [0.5, 0.6) is 0 Å². The molecular weight excluding hydrogens is 380 g/mol. The number of amides is 1. The van der Waals surface area contributed by atoms with Gasteiger partial charge in [-0.05, 0) is 19.9 Å². The van der Waals surface area contributed by atoms with Gasteiger partial charge in [0.05, 0.1) is 22.1 Å². The van der Waals surface area contributed by atoms with Gasteiger partial charge in [0, 0.05) is 32.0 Å². The third-order valence-corrected chi connectivity index (χ3v) is 5.95. The van der Waals surface area contributed by atoms with Crippen LogP contribution in [0.15, 0.2) is 12.5 Å². The van der Waals surface area contributed by atoms with Crippen molar-refractivity contribution in [3.8, 4) is 0 Å². The third-order valence-electron chi connectivity index (χ3n) is 5.00. The number of imidazole rings is 1. The molecule has 142 valence electrons. The molecule has 0 saturated carbocycles. The van der Waals surface area contributed by atoms with Gasteiger partial charge in [-0.15, -0.1) is 0 Å². The summed E-state index contributed by atoms with van der Waals surface area (Å²) in [6.45, 7) is 5.35. The number of hydrogen-bond donors (Lipinski definition) is 2. The van der Waals surface area contributed by atoms with Crippen LogP contribution in [0.25, 0.3) is 0 Å². The second-order valence-corrected chi connectivity index (χ2v) is 7.47. The summed E-state index contributed by atoms with van der Waals surface area (Å²) in [5.41, 5.74) is 0.0155. The highest BCUT2D eigenvalue weighted by atomic mass is 35.5. The number of nitrogens with one attached hydrogen (secondary N) is 2. The van der Waals surface area contributed by atoms with E-state index in [-0.39, 0.29) is 17.3 Å². The monoisotopic (exact) mass is 401 g/mol. The Morgan fingerprint density at radius 3 is 2.73 bits per heavy atom. The van der Waals surface area contributed by atoms with Crippen LogP contribution >= 0.6 is 23.2 Å². The zero-order valence-electron chi connectivity index (χ0n) is 14.9. The summed E-state index contributed by atoms with van der Waals surface area (Å²) >= 11 is 12.2. The molecule has 26 heavy (non-hydrogen) atoms. The maximum absolute atomic E-state index is 15.3. The summed E-state index contributed by atoms with van der Waals surface area (Å²) < 4.78 is 17.1. The number of halogens is 3. The first-order valence-electron chi connectivity index (χ1n) is 8.49. The van der Waals surface area contributed by atoms with Gasteiger partial charge in [-0.2, -0.15) is 0 Å². The Bertz CT molecular complexity index is 820. The van der Waals surface area contributed by atoms with Crippen LogP contribution in [0, 0.1) is 6.92 Å². The molecule has 0 bridgehead atoms. The molecule has 3 rings (SSSR count). The van der Waals surface area contributed by atoms with Gasteiger partial charge in [-0.3, -0.25) is 4.79 Å². The van der Waals surface area contributed by atoms with E-state index in [0.717, 1.165) is 6.54 Å². The summed E-state index contributed by atoms with van der Waals surface area (Å²) in [7, 11) is 1.81. The largest absolute Gasteiger partial charge is 0.352 e.